The Bertz CT molecular complexity index is 379. The van der Waals surface area contributed by atoms with E-state index in [1.54, 1.807) is 14.0 Å². The van der Waals surface area contributed by atoms with Crippen molar-refractivity contribution < 1.29 is 9.59 Å². The molecule has 0 spiro atoms. The molecule has 8 nitrogen and oxygen atoms in total. The Labute approximate surface area is 96.2 Å². The van der Waals surface area contributed by atoms with Crippen molar-refractivity contribution in [2.45, 2.75) is 12.1 Å². The number of nitrogens with one attached hydrogen (secondary N) is 2. The van der Waals surface area contributed by atoms with Crippen molar-refractivity contribution in [1.82, 2.24) is 30.8 Å². The molecule has 1 heterocycles. The number of aryl methyl sites for hydroxylation is 1. The van der Waals surface area contributed by atoms with Gasteiger partial charge in [0.1, 0.15) is 0 Å². The average Bonchev–Trinajstić information content (AvgIpc) is 2.61. The minimum Gasteiger partial charge on any atom is -0.338 e. The van der Waals surface area contributed by atoms with Crippen LogP contribution in [-0.2, 0) is 11.8 Å². The van der Waals surface area contributed by atoms with Gasteiger partial charge in [0.2, 0.25) is 11.1 Å². The van der Waals surface area contributed by atoms with Gasteiger partial charge in [0.25, 0.3) is 0 Å². The van der Waals surface area contributed by atoms with Crippen LogP contribution in [0.5, 0.6) is 0 Å². The van der Waals surface area contributed by atoms with Gasteiger partial charge in [-0.25, -0.2) is 9.48 Å². The fourth-order valence-electron chi connectivity index (χ4n) is 0.841. The topological polar surface area (TPSA) is 102 Å². The molecule has 0 unspecified atom stereocenters. The van der Waals surface area contributed by atoms with Crippen LogP contribution in [0, 0.1) is 0 Å². The number of thioether (sulfide) groups is 1. The number of nitrogens with zero attached hydrogens (tertiary/aromatic N) is 4. The number of tetrazole rings is 1. The third-order valence-electron chi connectivity index (χ3n) is 1.50. The van der Waals surface area contributed by atoms with Crippen molar-refractivity contribution in [2.24, 2.45) is 7.05 Å². The number of aromatic nitrogens is 4. The van der Waals surface area contributed by atoms with E-state index in [0.29, 0.717) is 11.7 Å². The molecule has 0 aliphatic heterocycles. The van der Waals surface area contributed by atoms with Crippen molar-refractivity contribution in [2.75, 3.05) is 12.3 Å². The van der Waals surface area contributed by atoms with Gasteiger partial charge in [0.15, 0.2) is 0 Å². The van der Waals surface area contributed by atoms with Gasteiger partial charge in [-0.1, -0.05) is 11.8 Å². The van der Waals surface area contributed by atoms with Crippen molar-refractivity contribution in [3.8, 4) is 0 Å². The number of urea groups is 1. The third-order valence-corrected chi connectivity index (χ3v) is 2.51. The summed E-state index contributed by atoms with van der Waals surface area (Å²) in [4.78, 5) is 22.2. The van der Waals surface area contributed by atoms with Gasteiger partial charge in [0, 0.05) is 13.6 Å². The number of carbonyl (C=O) groups excluding carboxylic acids is 2. The molecule has 2 N–H and O–H groups in total. The minimum atomic E-state index is -0.496. The normalized spacial score (nSPS) is 9.88. The number of hydrogen-bond donors (Lipinski definition) is 2. The van der Waals surface area contributed by atoms with E-state index in [4.69, 9.17) is 0 Å². The summed E-state index contributed by atoms with van der Waals surface area (Å²) in [5, 5.41) is 15.9. The zero-order chi connectivity index (χ0) is 12.0. The lowest BCUT2D eigenvalue weighted by Gasteiger charge is -2.03. The lowest BCUT2D eigenvalue weighted by molar-refractivity contribution is -0.117. The summed E-state index contributed by atoms with van der Waals surface area (Å²) in [5.74, 6) is -0.301. The smallest absolute Gasteiger partial charge is 0.321 e. The van der Waals surface area contributed by atoms with Gasteiger partial charge in [-0.3, -0.25) is 10.1 Å². The molecule has 0 saturated heterocycles. The summed E-state index contributed by atoms with van der Waals surface area (Å²) in [7, 11) is 1.67. The molecular formula is C7H12N6O2S. The predicted octanol–water partition coefficient (Wildman–Crippen LogP) is -0.852. The molecule has 16 heavy (non-hydrogen) atoms. The highest BCUT2D eigenvalue weighted by atomic mass is 32.2. The highest BCUT2D eigenvalue weighted by Gasteiger charge is 2.09. The molecule has 1 aromatic heterocycles. The van der Waals surface area contributed by atoms with E-state index in [9.17, 15) is 9.59 Å². The molecule has 9 heteroatoms. The highest BCUT2D eigenvalue weighted by Crippen LogP contribution is 2.10. The SMILES string of the molecule is CCNC(=O)NC(=O)CSc1nnnn1C. The van der Waals surface area contributed by atoms with Crippen LogP contribution < -0.4 is 10.6 Å². The summed E-state index contributed by atoms with van der Waals surface area (Å²) in [6, 6.07) is -0.496. The Morgan fingerprint density at radius 3 is 2.81 bits per heavy atom. The first-order valence-corrected chi connectivity index (χ1v) is 5.55. The van der Waals surface area contributed by atoms with E-state index in [1.807, 2.05) is 0 Å². The fourth-order valence-corrected chi connectivity index (χ4v) is 1.49. The first-order valence-electron chi connectivity index (χ1n) is 4.56. The Morgan fingerprint density at radius 2 is 2.25 bits per heavy atom. The molecule has 0 atom stereocenters. The average molecular weight is 244 g/mol. The molecule has 1 rings (SSSR count). The van der Waals surface area contributed by atoms with Gasteiger partial charge in [-0.15, -0.1) is 5.10 Å². The zero-order valence-corrected chi connectivity index (χ0v) is 9.74. The number of hydrogen-bond acceptors (Lipinski definition) is 6. The van der Waals surface area contributed by atoms with Crippen LogP contribution in [0.4, 0.5) is 4.79 Å². The summed E-state index contributed by atoms with van der Waals surface area (Å²) >= 11 is 1.16. The molecule has 0 fully saturated rings. The molecule has 0 aliphatic carbocycles. The van der Waals surface area contributed by atoms with Crippen LogP contribution in [0.2, 0.25) is 0 Å². The maximum absolute atomic E-state index is 11.3. The molecule has 3 amide bonds. The standard InChI is InChI=1S/C7H12N6O2S/c1-3-8-6(15)9-5(14)4-16-7-10-11-12-13(7)2/h3-4H2,1-2H3,(H2,8,9,14,15). The van der Waals surface area contributed by atoms with E-state index in [-0.39, 0.29) is 11.7 Å². The Balaban J connectivity index is 2.31. The highest BCUT2D eigenvalue weighted by molar-refractivity contribution is 7.99. The lowest BCUT2D eigenvalue weighted by atomic mass is 10.6. The molecule has 0 bridgehead atoms. The molecule has 0 saturated carbocycles. The number of imide groups is 1. The Hall–Kier alpha value is -1.64. The first-order chi connectivity index (χ1) is 7.63. The summed E-state index contributed by atoms with van der Waals surface area (Å²) in [6.07, 6.45) is 0. The minimum absolute atomic E-state index is 0.0886. The molecule has 88 valence electrons. The third kappa shape index (κ3) is 3.85. The zero-order valence-electron chi connectivity index (χ0n) is 8.93. The van der Waals surface area contributed by atoms with Crippen LogP contribution in [0.25, 0.3) is 0 Å². The van der Waals surface area contributed by atoms with E-state index in [1.165, 1.54) is 4.68 Å². The van der Waals surface area contributed by atoms with Gasteiger partial charge >= 0.3 is 6.03 Å². The number of carbonyl (C=O) groups is 2. The summed E-state index contributed by atoms with van der Waals surface area (Å²) in [6.45, 7) is 2.24. The van der Waals surface area contributed by atoms with Gasteiger partial charge < -0.3 is 5.32 Å². The fraction of sp³-hybridized carbons (Fsp3) is 0.571. The van der Waals surface area contributed by atoms with Crippen molar-refractivity contribution in [3.63, 3.8) is 0 Å². The van der Waals surface area contributed by atoms with Crippen molar-refractivity contribution >= 4 is 23.7 Å². The van der Waals surface area contributed by atoms with Crippen LogP contribution in [0.15, 0.2) is 5.16 Å². The van der Waals surface area contributed by atoms with Gasteiger partial charge in [-0.2, -0.15) is 0 Å². The van der Waals surface area contributed by atoms with Crippen LogP contribution in [-0.4, -0.2) is 44.4 Å². The second-order valence-corrected chi connectivity index (χ2v) is 3.72. The van der Waals surface area contributed by atoms with Crippen molar-refractivity contribution in [3.05, 3.63) is 0 Å². The van der Waals surface area contributed by atoms with E-state index < -0.39 is 6.03 Å². The molecular weight excluding hydrogens is 232 g/mol. The van der Waals surface area contributed by atoms with Crippen molar-refractivity contribution in [1.29, 1.82) is 0 Å². The second kappa shape index (κ2) is 6.05. The maximum Gasteiger partial charge on any atom is 0.321 e. The summed E-state index contributed by atoms with van der Waals surface area (Å²) < 4.78 is 1.45. The van der Waals surface area contributed by atoms with Crippen LogP contribution in [0.3, 0.4) is 0 Å². The number of rotatable bonds is 4. The molecule has 1 aromatic rings. The summed E-state index contributed by atoms with van der Waals surface area (Å²) in [5.41, 5.74) is 0. The lowest BCUT2D eigenvalue weighted by Crippen LogP contribution is -2.40. The Kier molecular flexibility index (Phi) is 4.70. The van der Waals surface area contributed by atoms with Gasteiger partial charge in [0.05, 0.1) is 5.75 Å². The monoisotopic (exact) mass is 244 g/mol. The van der Waals surface area contributed by atoms with E-state index >= 15 is 0 Å². The predicted molar refractivity (Wildman–Crippen MR) is 56.7 cm³/mol. The van der Waals surface area contributed by atoms with Crippen LogP contribution in [0.1, 0.15) is 6.92 Å². The second-order valence-electron chi connectivity index (χ2n) is 2.78. The Morgan fingerprint density at radius 1 is 1.50 bits per heavy atom. The molecule has 0 aromatic carbocycles. The van der Waals surface area contributed by atoms with Gasteiger partial charge in [-0.05, 0) is 17.4 Å². The quantitative estimate of drug-likeness (QED) is 0.669. The van der Waals surface area contributed by atoms with E-state index in [2.05, 4.69) is 26.2 Å². The maximum atomic E-state index is 11.3. The first kappa shape index (κ1) is 12.4. The number of amides is 3. The van der Waals surface area contributed by atoms with E-state index in [0.717, 1.165) is 11.8 Å². The molecule has 0 radical (unpaired) electrons. The molecule has 0 aliphatic rings. The van der Waals surface area contributed by atoms with Crippen LogP contribution >= 0.6 is 11.8 Å². The largest absolute Gasteiger partial charge is 0.338 e.